The molecule has 0 N–H and O–H groups in total. The topological polar surface area (TPSA) is 87.8 Å². The average Bonchev–Trinajstić information content (AvgIpc) is 3.56. The Balaban J connectivity index is 1.51. The fourth-order valence-electron chi connectivity index (χ4n) is 6.51. The molecule has 0 saturated carbocycles. The normalized spacial score (nSPS) is 11.7. The number of hydrogen-bond donors (Lipinski definition) is 0. The Morgan fingerprint density at radius 3 is 2.42 bits per heavy atom. The van der Waals surface area contributed by atoms with Gasteiger partial charge in [-0.1, -0.05) is 70.5 Å². The second-order valence-electron chi connectivity index (χ2n) is 13.6. The van der Waals surface area contributed by atoms with Crippen molar-refractivity contribution in [2.45, 2.75) is 77.8 Å². The van der Waals surface area contributed by atoms with Crippen LogP contribution in [0, 0.1) is 6.92 Å². The summed E-state index contributed by atoms with van der Waals surface area (Å²) in [5, 5.41) is 8.62. The third-order valence-electron chi connectivity index (χ3n) is 8.87. The highest BCUT2D eigenvalue weighted by Crippen LogP contribution is 2.39. The summed E-state index contributed by atoms with van der Waals surface area (Å²) in [5.74, 6) is 0.512. The molecule has 266 valence electrons. The predicted octanol–water partition coefficient (Wildman–Crippen LogP) is 9.23. The molecular weight excluding hydrogens is 696 g/mol. The number of aryl methyl sites for hydroxylation is 3. The van der Waals surface area contributed by atoms with E-state index in [4.69, 9.17) is 19.3 Å². The van der Waals surface area contributed by atoms with Crippen molar-refractivity contribution in [1.29, 1.82) is 0 Å². The summed E-state index contributed by atoms with van der Waals surface area (Å²) < 4.78 is 21.6. The molecule has 50 heavy (non-hydrogen) atoms. The highest BCUT2D eigenvalue weighted by Gasteiger charge is 2.27. The molecule has 1 amide bonds. The van der Waals surface area contributed by atoms with E-state index < -0.39 is 5.60 Å². The second-order valence-corrected chi connectivity index (χ2v) is 14.2. The number of alkyl halides is 1. The van der Waals surface area contributed by atoms with Crippen LogP contribution in [0.1, 0.15) is 74.4 Å². The molecule has 0 fully saturated rings. The number of ether oxygens (including phenoxy) is 3. The first kappa shape index (κ1) is 37.0. The Morgan fingerprint density at radius 1 is 0.960 bits per heavy atom. The lowest BCUT2D eigenvalue weighted by Crippen LogP contribution is -2.34. The Labute approximate surface area is 303 Å². The van der Waals surface area contributed by atoms with E-state index in [1.54, 1.807) is 11.9 Å². The maximum Gasteiger partial charge on any atom is 0.410 e. The van der Waals surface area contributed by atoms with Crippen LogP contribution in [-0.2, 0) is 34.8 Å². The van der Waals surface area contributed by atoms with Gasteiger partial charge in [-0.05, 0) is 77.3 Å². The molecule has 0 radical (unpaired) electrons. The largest absolute Gasteiger partial charge is 0.493 e. The summed E-state index contributed by atoms with van der Waals surface area (Å²) >= 11 is 3.66. The van der Waals surface area contributed by atoms with Gasteiger partial charge >= 0.3 is 12.1 Å². The third-order valence-corrected chi connectivity index (χ3v) is 9.40. The molecule has 0 atom stereocenters. The Bertz CT molecular complexity index is 1970. The summed E-state index contributed by atoms with van der Waals surface area (Å²) in [5.41, 5.74) is 6.01. The summed E-state index contributed by atoms with van der Waals surface area (Å²) in [6.45, 7) is 11.4. The number of halogens is 1. The van der Waals surface area contributed by atoms with Gasteiger partial charge in [0, 0.05) is 60.1 Å². The number of esters is 1. The minimum Gasteiger partial charge on any atom is -0.493 e. The van der Waals surface area contributed by atoms with Crippen LogP contribution >= 0.6 is 15.9 Å². The minimum absolute atomic E-state index is 0.271. The van der Waals surface area contributed by atoms with Crippen LogP contribution in [0.15, 0.2) is 60.7 Å². The molecule has 0 saturated heterocycles. The van der Waals surface area contributed by atoms with E-state index in [0.717, 1.165) is 68.3 Å². The molecule has 0 aliphatic heterocycles. The van der Waals surface area contributed by atoms with Gasteiger partial charge in [0.2, 0.25) is 0 Å². The third kappa shape index (κ3) is 8.18. The van der Waals surface area contributed by atoms with E-state index in [1.165, 1.54) is 0 Å². The van der Waals surface area contributed by atoms with Gasteiger partial charge in [-0.15, -0.1) is 0 Å². The smallest absolute Gasteiger partial charge is 0.410 e. The van der Waals surface area contributed by atoms with E-state index in [0.29, 0.717) is 43.6 Å². The van der Waals surface area contributed by atoms with Crippen LogP contribution in [0.5, 0.6) is 5.75 Å². The molecule has 0 spiro atoms. The monoisotopic (exact) mass is 744 g/mol. The van der Waals surface area contributed by atoms with Crippen molar-refractivity contribution < 1.29 is 23.8 Å². The van der Waals surface area contributed by atoms with Gasteiger partial charge in [-0.25, -0.2) is 9.59 Å². The van der Waals surface area contributed by atoms with Gasteiger partial charge in [0.05, 0.1) is 24.4 Å². The van der Waals surface area contributed by atoms with Gasteiger partial charge < -0.3 is 23.7 Å². The SMILES string of the molecule is CCOC(=O)c1c(CCCOc2cccc3ccccc23)c2cccc(-c3c(CBr)nn(C)c3C)c2n1CCCCN(C)C(=O)OC(C)(C)C. The fourth-order valence-corrected chi connectivity index (χ4v) is 6.91. The first-order chi connectivity index (χ1) is 23.9. The molecule has 2 heterocycles. The zero-order valence-electron chi connectivity index (χ0n) is 30.3. The van der Waals surface area contributed by atoms with E-state index in [2.05, 4.69) is 63.8 Å². The van der Waals surface area contributed by atoms with Crippen LogP contribution in [0.25, 0.3) is 32.8 Å². The summed E-state index contributed by atoms with van der Waals surface area (Å²) in [7, 11) is 3.71. The van der Waals surface area contributed by atoms with Gasteiger partial charge in [-0.2, -0.15) is 5.10 Å². The molecular formula is C40H49BrN4O5. The molecule has 9 nitrogen and oxygen atoms in total. The number of carbonyl (C=O) groups is 2. The molecule has 10 heteroatoms. The van der Waals surface area contributed by atoms with E-state index in [1.807, 2.05) is 63.7 Å². The van der Waals surface area contributed by atoms with Crippen molar-refractivity contribution in [1.82, 2.24) is 19.2 Å². The van der Waals surface area contributed by atoms with E-state index >= 15 is 0 Å². The second kappa shape index (κ2) is 16.1. The van der Waals surface area contributed by atoms with Crippen LogP contribution in [0.4, 0.5) is 4.79 Å². The molecule has 0 aliphatic rings. The van der Waals surface area contributed by atoms with Gasteiger partial charge in [0.25, 0.3) is 0 Å². The lowest BCUT2D eigenvalue weighted by Gasteiger charge is -2.24. The minimum atomic E-state index is -0.560. The van der Waals surface area contributed by atoms with Gasteiger partial charge in [0.15, 0.2) is 0 Å². The van der Waals surface area contributed by atoms with Crippen molar-refractivity contribution >= 4 is 49.7 Å². The van der Waals surface area contributed by atoms with Crippen LogP contribution in [0.3, 0.4) is 0 Å². The zero-order chi connectivity index (χ0) is 36.0. The van der Waals surface area contributed by atoms with Crippen LogP contribution < -0.4 is 4.74 Å². The average molecular weight is 746 g/mol. The molecule has 0 bridgehead atoms. The number of unbranched alkanes of at least 4 members (excludes halogenated alkanes) is 1. The number of rotatable bonds is 14. The highest BCUT2D eigenvalue weighted by molar-refractivity contribution is 9.08. The zero-order valence-corrected chi connectivity index (χ0v) is 31.9. The number of para-hydroxylation sites is 1. The van der Waals surface area contributed by atoms with E-state index in [-0.39, 0.29) is 18.7 Å². The van der Waals surface area contributed by atoms with Crippen molar-refractivity contribution in [3.63, 3.8) is 0 Å². The van der Waals surface area contributed by atoms with Crippen molar-refractivity contribution in [2.24, 2.45) is 7.05 Å². The number of fused-ring (bicyclic) bond motifs is 2. The van der Waals surface area contributed by atoms with E-state index in [9.17, 15) is 9.59 Å². The maximum atomic E-state index is 13.9. The molecule has 5 aromatic rings. The number of amides is 1. The first-order valence-corrected chi connectivity index (χ1v) is 18.5. The number of nitrogens with zero attached hydrogens (tertiary/aromatic N) is 4. The first-order valence-electron chi connectivity index (χ1n) is 17.4. The molecule has 0 aliphatic carbocycles. The van der Waals surface area contributed by atoms with Crippen LogP contribution in [-0.4, -0.2) is 63.7 Å². The number of hydrogen-bond acceptors (Lipinski definition) is 6. The Morgan fingerprint density at radius 2 is 1.68 bits per heavy atom. The lowest BCUT2D eigenvalue weighted by atomic mass is 9.98. The summed E-state index contributed by atoms with van der Waals surface area (Å²) in [6.07, 6.45) is 2.45. The number of benzene rings is 3. The van der Waals surface area contributed by atoms with Gasteiger partial charge in [0.1, 0.15) is 17.0 Å². The van der Waals surface area contributed by atoms with Crippen molar-refractivity contribution in [3.05, 3.63) is 83.3 Å². The number of aromatic nitrogens is 3. The molecule has 5 rings (SSSR count). The molecule has 2 aromatic heterocycles. The molecule has 3 aromatic carbocycles. The maximum absolute atomic E-state index is 13.9. The highest BCUT2D eigenvalue weighted by atomic mass is 79.9. The molecule has 0 unspecified atom stereocenters. The predicted molar refractivity (Wildman–Crippen MR) is 203 cm³/mol. The fraction of sp³-hybridized carbons (Fsp3) is 0.425. The standard InChI is InChI=1S/C40H49BrN4O5/c1-8-48-38(46)37-31(21-15-25-49-34-22-13-17-28-16-9-10-18-29(28)34)30-19-14-20-32(35-27(2)44(7)42-33(35)26-41)36(30)45(37)24-12-11-23-43(6)39(47)50-40(3,4)5/h9-10,13-14,16-20,22H,8,11-12,15,21,23-26H2,1-7H3. The lowest BCUT2D eigenvalue weighted by molar-refractivity contribution is 0.0296. The van der Waals surface area contributed by atoms with Crippen molar-refractivity contribution in [3.8, 4) is 16.9 Å². The summed E-state index contributed by atoms with van der Waals surface area (Å²) in [4.78, 5) is 28.1. The van der Waals surface area contributed by atoms with Crippen LogP contribution in [0.2, 0.25) is 0 Å². The Hall–Kier alpha value is -4.31. The Kier molecular flexibility index (Phi) is 11.9. The summed E-state index contributed by atoms with van der Waals surface area (Å²) in [6, 6.07) is 20.6. The quantitative estimate of drug-likeness (QED) is 0.0640. The van der Waals surface area contributed by atoms with Crippen molar-refractivity contribution in [2.75, 3.05) is 26.8 Å². The number of carbonyl (C=O) groups excluding carboxylic acids is 2. The van der Waals surface area contributed by atoms with Gasteiger partial charge in [-0.3, -0.25) is 4.68 Å².